The lowest BCUT2D eigenvalue weighted by Gasteiger charge is -2.51. The molecule has 8 nitrogen and oxygen atoms in total. The largest absolute Gasteiger partial charge is 0.468 e. The van der Waals surface area contributed by atoms with Crippen molar-refractivity contribution in [2.75, 3.05) is 20.7 Å². The van der Waals surface area contributed by atoms with Crippen molar-refractivity contribution in [1.29, 1.82) is 0 Å². The Balaban J connectivity index is 2.18. The van der Waals surface area contributed by atoms with Crippen LogP contribution in [0.2, 0.25) is 18.1 Å². The second-order valence-corrected chi connectivity index (χ2v) is 14.6. The van der Waals surface area contributed by atoms with Gasteiger partial charge in [-0.3, -0.25) is 14.4 Å². The van der Waals surface area contributed by atoms with Gasteiger partial charge in [-0.25, -0.2) is 5.43 Å². The van der Waals surface area contributed by atoms with Gasteiger partial charge in [0, 0.05) is 19.2 Å². The minimum Gasteiger partial charge on any atom is -0.468 e. The molecule has 1 unspecified atom stereocenters. The smallest absolute Gasteiger partial charge is 0.325 e. The Hall–Kier alpha value is -1.71. The molecular formula is C21H37N3O5Si. The molecule has 170 valence electrons. The molecule has 0 bridgehead atoms. The molecular weight excluding hydrogens is 402 g/mol. The number of amides is 1. The highest BCUT2D eigenvalue weighted by Crippen LogP contribution is 2.41. The Labute approximate surface area is 181 Å². The van der Waals surface area contributed by atoms with E-state index in [4.69, 9.17) is 9.16 Å². The van der Waals surface area contributed by atoms with Crippen LogP contribution in [0.15, 0.2) is 11.8 Å². The molecule has 0 aliphatic carbocycles. The summed E-state index contributed by atoms with van der Waals surface area (Å²) >= 11 is 0. The summed E-state index contributed by atoms with van der Waals surface area (Å²) in [5.41, 5.74) is 4.08. The van der Waals surface area contributed by atoms with Gasteiger partial charge in [0.05, 0.1) is 25.2 Å². The van der Waals surface area contributed by atoms with Crippen molar-refractivity contribution in [3.8, 4) is 0 Å². The third-order valence-corrected chi connectivity index (χ3v) is 11.3. The summed E-state index contributed by atoms with van der Waals surface area (Å²) in [4.78, 5) is 39.1. The van der Waals surface area contributed by atoms with E-state index in [1.165, 1.54) is 12.0 Å². The molecule has 2 aliphatic rings. The molecule has 0 aromatic rings. The van der Waals surface area contributed by atoms with Crippen molar-refractivity contribution in [1.82, 2.24) is 15.3 Å². The summed E-state index contributed by atoms with van der Waals surface area (Å²) in [5, 5.41) is 1.81. The molecule has 9 heteroatoms. The van der Waals surface area contributed by atoms with Gasteiger partial charge in [-0.15, -0.1) is 0 Å². The van der Waals surface area contributed by atoms with Crippen LogP contribution in [0.1, 0.15) is 41.0 Å². The molecule has 0 spiro atoms. The lowest BCUT2D eigenvalue weighted by atomic mass is 9.79. The number of methoxy groups -OCH3 is 1. The number of carbonyl (C=O) groups is 3. The lowest BCUT2D eigenvalue weighted by Crippen LogP contribution is -2.67. The van der Waals surface area contributed by atoms with Gasteiger partial charge in [0.25, 0.3) is 0 Å². The van der Waals surface area contributed by atoms with Crippen molar-refractivity contribution in [2.24, 2.45) is 5.92 Å². The molecule has 2 heterocycles. The number of Topliss-reactive ketones (excluding diaryl/α,β-unsaturated/α-hetero) is 1. The molecule has 30 heavy (non-hydrogen) atoms. The maximum absolute atomic E-state index is 12.9. The number of hydrogen-bond donors (Lipinski definition) is 1. The summed E-state index contributed by atoms with van der Waals surface area (Å²) < 4.78 is 11.2. The second-order valence-electron chi connectivity index (χ2n) is 9.86. The van der Waals surface area contributed by atoms with Gasteiger partial charge in [-0.1, -0.05) is 20.8 Å². The molecule has 0 radical (unpaired) electrons. The first-order valence-corrected chi connectivity index (χ1v) is 13.4. The van der Waals surface area contributed by atoms with Crippen LogP contribution in [-0.4, -0.2) is 74.8 Å². The van der Waals surface area contributed by atoms with Gasteiger partial charge in [0.2, 0.25) is 5.91 Å². The van der Waals surface area contributed by atoms with Crippen LogP contribution in [0.25, 0.3) is 0 Å². The van der Waals surface area contributed by atoms with Crippen molar-refractivity contribution in [3.63, 3.8) is 0 Å². The number of nitrogens with zero attached hydrogens (tertiary/aromatic N) is 2. The minimum atomic E-state index is -2.09. The summed E-state index contributed by atoms with van der Waals surface area (Å²) in [7, 11) is 1.05. The third-order valence-electron chi connectivity index (χ3n) is 6.73. The quantitative estimate of drug-likeness (QED) is 0.352. The zero-order valence-corrected chi connectivity index (χ0v) is 20.7. The Bertz CT molecular complexity index is 731. The van der Waals surface area contributed by atoms with E-state index in [9.17, 15) is 14.4 Å². The van der Waals surface area contributed by atoms with Crippen molar-refractivity contribution >= 4 is 26.0 Å². The topological polar surface area (TPSA) is 88.2 Å². The Morgan fingerprint density at radius 3 is 2.37 bits per heavy atom. The van der Waals surface area contributed by atoms with Gasteiger partial charge in [0.1, 0.15) is 12.6 Å². The average molecular weight is 440 g/mol. The van der Waals surface area contributed by atoms with Crippen molar-refractivity contribution in [3.05, 3.63) is 11.8 Å². The molecule has 1 saturated heterocycles. The zero-order valence-electron chi connectivity index (χ0n) is 19.7. The van der Waals surface area contributed by atoms with Crippen LogP contribution < -0.4 is 5.43 Å². The van der Waals surface area contributed by atoms with E-state index in [-0.39, 0.29) is 41.8 Å². The van der Waals surface area contributed by atoms with Gasteiger partial charge in [0.15, 0.2) is 14.1 Å². The number of ether oxygens (including phenoxy) is 1. The number of likely N-dealkylation sites (tertiary alicyclic amines) is 1. The lowest BCUT2D eigenvalue weighted by molar-refractivity contribution is -0.170. The van der Waals surface area contributed by atoms with E-state index in [0.29, 0.717) is 0 Å². The average Bonchev–Trinajstić information content (AvgIpc) is 2.96. The molecule has 2 aliphatic heterocycles. The van der Waals surface area contributed by atoms with Crippen LogP contribution >= 0.6 is 0 Å². The summed E-state index contributed by atoms with van der Waals surface area (Å²) in [6, 6.07) is -0.812. The highest BCUT2D eigenvalue weighted by molar-refractivity contribution is 6.74. The predicted octanol–water partition coefficient (Wildman–Crippen LogP) is 2.08. The van der Waals surface area contributed by atoms with Crippen LogP contribution in [0.3, 0.4) is 0 Å². The van der Waals surface area contributed by atoms with E-state index >= 15 is 0 Å². The molecule has 0 saturated carbocycles. The fourth-order valence-electron chi connectivity index (χ4n) is 3.69. The maximum atomic E-state index is 12.9. The monoisotopic (exact) mass is 439 g/mol. The van der Waals surface area contributed by atoms with Gasteiger partial charge in [-0.2, -0.15) is 0 Å². The number of ketones is 1. The fourth-order valence-corrected chi connectivity index (χ4v) is 5.12. The van der Waals surface area contributed by atoms with E-state index in [0.717, 1.165) is 5.70 Å². The Morgan fingerprint density at radius 1 is 1.30 bits per heavy atom. The summed E-state index contributed by atoms with van der Waals surface area (Å²) in [6.07, 6.45) is 1.70. The maximum Gasteiger partial charge on any atom is 0.325 e. The number of hydrazine groups is 1. The second kappa shape index (κ2) is 8.80. The molecule has 1 amide bonds. The molecule has 2 rings (SSSR count). The first kappa shape index (κ1) is 24.6. The SMILES string of the molecule is COC(=O)CN1C(=O)[C@H]([C@@H](C)O[Si](C)(C)C(C)(C)C)[C@H]1CC(=O)C1C=C(C)N(C)N1. The van der Waals surface area contributed by atoms with Gasteiger partial charge >= 0.3 is 5.97 Å². The molecule has 4 atom stereocenters. The molecule has 1 fully saturated rings. The number of hydrogen-bond acceptors (Lipinski definition) is 7. The number of esters is 1. The summed E-state index contributed by atoms with van der Waals surface area (Å²) in [5.74, 6) is -1.12. The highest BCUT2D eigenvalue weighted by atomic mass is 28.4. The predicted molar refractivity (Wildman–Crippen MR) is 117 cm³/mol. The van der Waals surface area contributed by atoms with Crippen LogP contribution in [0.4, 0.5) is 0 Å². The summed E-state index contributed by atoms with van der Waals surface area (Å²) in [6.45, 7) is 14.4. The first-order chi connectivity index (χ1) is 13.7. The molecule has 1 N–H and O–H groups in total. The zero-order chi connectivity index (χ0) is 23.0. The number of nitrogens with one attached hydrogen (secondary N) is 1. The number of rotatable bonds is 8. The number of carbonyl (C=O) groups excluding carboxylic acids is 3. The Kier molecular flexibility index (Phi) is 7.20. The number of allylic oxidation sites excluding steroid dienone is 1. The molecule has 0 aromatic heterocycles. The fraction of sp³-hybridized carbons (Fsp3) is 0.762. The van der Waals surface area contributed by atoms with Crippen molar-refractivity contribution in [2.45, 2.75) is 77.4 Å². The van der Waals surface area contributed by atoms with Gasteiger partial charge in [-0.05, 0) is 38.1 Å². The van der Waals surface area contributed by atoms with E-state index in [1.807, 2.05) is 27.0 Å². The number of β-lactam (4-membered cyclic amide) rings is 1. The van der Waals surface area contributed by atoms with Crippen molar-refractivity contribution < 1.29 is 23.5 Å². The third kappa shape index (κ3) is 4.95. The van der Waals surface area contributed by atoms with Gasteiger partial charge < -0.3 is 19.1 Å². The highest BCUT2D eigenvalue weighted by Gasteiger charge is 2.53. The Morgan fingerprint density at radius 2 is 1.90 bits per heavy atom. The van der Waals surface area contributed by atoms with E-state index in [2.05, 4.69) is 39.3 Å². The first-order valence-electron chi connectivity index (χ1n) is 10.5. The van der Waals surface area contributed by atoms with E-state index in [1.54, 1.807) is 5.01 Å². The normalized spacial score (nSPS) is 25.7. The minimum absolute atomic E-state index is 0.00570. The van der Waals surface area contributed by atoms with Crippen LogP contribution in [0, 0.1) is 5.92 Å². The standard InChI is InChI=1S/C21H37N3O5Si/c1-13-10-15(22-23(13)6)17(25)11-16-19(20(27)24(16)12-18(26)28-7)14(2)29-30(8,9)21(3,4)5/h10,14-16,19,22H,11-12H2,1-9H3/t14-,15?,16-,19-/m1/s1. The van der Waals surface area contributed by atoms with E-state index < -0.39 is 26.2 Å². The molecule has 0 aromatic carbocycles. The van der Waals surface area contributed by atoms with Crippen LogP contribution in [0.5, 0.6) is 0 Å². The van der Waals surface area contributed by atoms with Crippen LogP contribution in [-0.2, 0) is 23.5 Å².